The SMILES string of the molecule is c1ccc2cc3c(cc2c1)Cc1cc2ccc4ccccc4c2cc1-3. The van der Waals surface area contributed by atoms with Crippen molar-refractivity contribution in [3.05, 3.63) is 96.1 Å². The molecule has 0 heteroatoms. The maximum atomic E-state index is 2.41. The van der Waals surface area contributed by atoms with Gasteiger partial charge >= 0.3 is 0 Å². The minimum absolute atomic E-state index is 1.04. The second kappa shape index (κ2) is 4.70. The van der Waals surface area contributed by atoms with Crippen molar-refractivity contribution >= 4 is 32.3 Å². The van der Waals surface area contributed by atoms with Gasteiger partial charge in [0, 0.05) is 0 Å². The van der Waals surface area contributed by atoms with Crippen molar-refractivity contribution in [1.29, 1.82) is 0 Å². The zero-order chi connectivity index (χ0) is 16.4. The van der Waals surface area contributed by atoms with Crippen LogP contribution in [0.15, 0.2) is 84.9 Å². The molecule has 0 bridgehead atoms. The Morgan fingerprint density at radius 2 is 1.04 bits per heavy atom. The van der Waals surface area contributed by atoms with Crippen molar-refractivity contribution in [2.24, 2.45) is 0 Å². The van der Waals surface area contributed by atoms with Crippen molar-refractivity contribution in [3.8, 4) is 11.1 Å². The van der Waals surface area contributed by atoms with E-state index in [1.165, 1.54) is 54.6 Å². The number of rotatable bonds is 0. The van der Waals surface area contributed by atoms with Gasteiger partial charge in [0.1, 0.15) is 0 Å². The Bertz CT molecular complexity index is 1310. The van der Waals surface area contributed by atoms with Gasteiger partial charge in [0.2, 0.25) is 0 Å². The summed E-state index contributed by atoms with van der Waals surface area (Å²) in [6.45, 7) is 0. The highest BCUT2D eigenvalue weighted by atomic mass is 14.2. The van der Waals surface area contributed by atoms with Gasteiger partial charge < -0.3 is 0 Å². The Morgan fingerprint density at radius 1 is 0.440 bits per heavy atom. The molecule has 5 aromatic rings. The molecule has 5 aromatic carbocycles. The molecule has 0 amide bonds. The van der Waals surface area contributed by atoms with Crippen molar-refractivity contribution in [2.45, 2.75) is 6.42 Å². The van der Waals surface area contributed by atoms with Crippen LogP contribution in [0.25, 0.3) is 43.4 Å². The van der Waals surface area contributed by atoms with E-state index in [4.69, 9.17) is 0 Å². The first kappa shape index (κ1) is 13.2. The molecule has 1 aliphatic carbocycles. The molecule has 0 atom stereocenters. The third-order valence-corrected chi connectivity index (χ3v) is 5.61. The van der Waals surface area contributed by atoms with Gasteiger partial charge in [0.05, 0.1) is 0 Å². The molecule has 0 saturated carbocycles. The van der Waals surface area contributed by atoms with Gasteiger partial charge in [-0.3, -0.25) is 0 Å². The zero-order valence-corrected chi connectivity index (χ0v) is 13.8. The average Bonchev–Trinajstić information content (AvgIpc) is 3.00. The minimum atomic E-state index is 1.04. The van der Waals surface area contributed by atoms with E-state index >= 15 is 0 Å². The molecule has 116 valence electrons. The number of hydrogen-bond donors (Lipinski definition) is 0. The summed E-state index contributed by atoms with van der Waals surface area (Å²) in [7, 11) is 0. The van der Waals surface area contributed by atoms with Gasteiger partial charge in [-0.05, 0) is 73.1 Å². The number of fused-ring (bicyclic) bond motifs is 7. The molecular weight excluding hydrogens is 300 g/mol. The fraction of sp³-hybridized carbons (Fsp3) is 0.0400. The van der Waals surface area contributed by atoms with Gasteiger partial charge in [-0.2, -0.15) is 0 Å². The highest BCUT2D eigenvalue weighted by Crippen LogP contribution is 2.42. The van der Waals surface area contributed by atoms with E-state index in [2.05, 4.69) is 84.9 Å². The van der Waals surface area contributed by atoms with Gasteiger partial charge in [0.15, 0.2) is 0 Å². The van der Waals surface area contributed by atoms with Crippen LogP contribution in [0.4, 0.5) is 0 Å². The molecule has 0 radical (unpaired) electrons. The molecule has 0 saturated heterocycles. The van der Waals surface area contributed by atoms with Gasteiger partial charge in [-0.15, -0.1) is 0 Å². The van der Waals surface area contributed by atoms with Crippen LogP contribution in [0.5, 0.6) is 0 Å². The largest absolute Gasteiger partial charge is 0.0616 e. The molecule has 0 fully saturated rings. The molecule has 0 spiro atoms. The van der Waals surface area contributed by atoms with Crippen LogP contribution in [0.2, 0.25) is 0 Å². The Balaban J connectivity index is 1.70. The van der Waals surface area contributed by atoms with E-state index < -0.39 is 0 Å². The van der Waals surface area contributed by atoms with E-state index in [0.717, 1.165) is 6.42 Å². The van der Waals surface area contributed by atoms with Crippen LogP contribution in [-0.2, 0) is 6.42 Å². The third kappa shape index (κ3) is 1.82. The monoisotopic (exact) mass is 316 g/mol. The maximum absolute atomic E-state index is 2.41. The maximum Gasteiger partial charge on any atom is -0.00130 e. The summed E-state index contributed by atoms with van der Waals surface area (Å²) in [6.07, 6.45) is 1.04. The Morgan fingerprint density at radius 3 is 1.88 bits per heavy atom. The first-order valence-corrected chi connectivity index (χ1v) is 8.83. The summed E-state index contributed by atoms with van der Waals surface area (Å²) in [5.41, 5.74) is 5.72. The molecule has 1 aliphatic rings. The molecule has 6 rings (SSSR count). The van der Waals surface area contributed by atoms with E-state index in [1.807, 2.05) is 0 Å². The summed E-state index contributed by atoms with van der Waals surface area (Å²) in [6, 6.07) is 31.4. The Kier molecular flexibility index (Phi) is 2.48. The average molecular weight is 316 g/mol. The summed E-state index contributed by atoms with van der Waals surface area (Å²) in [4.78, 5) is 0. The van der Waals surface area contributed by atoms with E-state index in [0.29, 0.717) is 0 Å². The Labute approximate surface area is 146 Å². The van der Waals surface area contributed by atoms with E-state index in [-0.39, 0.29) is 0 Å². The minimum Gasteiger partial charge on any atom is -0.0616 e. The standard InChI is InChI=1S/C25H16/c1-2-7-18-14-23-20(11-17(18)6-1)13-21-12-19-10-9-16-5-3-4-8-22(16)24(19)15-25(21)23/h1-12,14-15H,13H2. The molecule has 0 heterocycles. The van der Waals surface area contributed by atoms with E-state index in [1.54, 1.807) is 0 Å². The molecule has 25 heavy (non-hydrogen) atoms. The van der Waals surface area contributed by atoms with Crippen molar-refractivity contribution in [2.75, 3.05) is 0 Å². The number of hydrogen-bond acceptors (Lipinski definition) is 0. The second-order valence-corrected chi connectivity index (χ2v) is 7.05. The Hall–Kier alpha value is -3.12. The second-order valence-electron chi connectivity index (χ2n) is 7.05. The predicted molar refractivity (Wildman–Crippen MR) is 107 cm³/mol. The van der Waals surface area contributed by atoms with Gasteiger partial charge in [0.25, 0.3) is 0 Å². The normalized spacial score (nSPS) is 12.6. The first-order chi connectivity index (χ1) is 12.4. The predicted octanol–water partition coefficient (Wildman–Crippen LogP) is 6.72. The highest BCUT2D eigenvalue weighted by Gasteiger charge is 2.20. The highest BCUT2D eigenvalue weighted by molar-refractivity contribution is 6.10. The third-order valence-electron chi connectivity index (χ3n) is 5.61. The summed E-state index contributed by atoms with van der Waals surface area (Å²) in [5, 5.41) is 8.02. The zero-order valence-electron chi connectivity index (χ0n) is 13.8. The lowest BCUT2D eigenvalue weighted by Crippen LogP contribution is -1.83. The lowest BCUT2D eigenvalue weighted by molar-refractivity contribution is 1.28. The molecule has 0 nitrogen and oxygen atoms in total. The van der Waals surface area contributed by atoms with Crippen LogP contribution in [0.1, 0.15) is 11.1 Å². The molecule has 0 aliphatic heterocycles. The van der Waals surface area contributed by atoms with Crippen molar-refractivity contribution in [1.82, 2.24) is 0 Å². The molecular formula is C25H16. The van der Waals surface area contributed by atoms with Crippen molar-refractivity contribution in [3.63, 3.8) is 0 Å². The smallest absolute Gasteiger partial charge is 0.00130 e. The van der Waals surface area contributed by atoms with Crippen LogP contribution >= 0.6 is 0 Å². The number of benzene rings is 5. The van der Waals surface area contributed by atoms with Crippen LogP contribution in [-0.4, -0.2) is 0 Å². The fourth-order valence-electron chi connectivity index (χ4n) is 4.39. The summed E-state index contributed by atoms with van der Waals surface area (Å²) < 4.78 is 0. The molecule has 0 aromatic heterocycles. The van der Waals surface area contributed by atoms with Gasteiger partial charge in [-0.25, -0.2) is 0 Å². The topological polar surface area (TPSA) is 0 Å². The van der Waals surface area contributed by atoms with Crippen molar-refractivity contribution < 1.29 is 0 Å². The summed E-state index contributed by atoms with van der Waals surface area (Å²) >= 11 is 0. The quantitative estimate of drug-likeness (QED) is 0.273. The summed E-state index contributed by atoms with van der Waals surface area (Å²) in [5.74, 6) is 0. The van der Waals surface area contributed by atoms with Crippen LogP contribution in [0.3, 0.4) is 0 Å². The molecule has 0 unspecified atom stereocenters. The van der Waals surface area contributed by atoms with Crippen LogP contribution in [0, 0.1) is 0 Å². The fourth-order valence-corrected chi connectivity index (χ4v) is 4.39. The lowest BCUT2D eigenvalue weighted by Gasteiger charge is -2.08. The van der Waals surface area contributed by atoms with Crippen LogP contribution < -0.4 is 0 Å². The van der Waals surface area contributed by atoms with E-state index in [9.17, 15) is 0 Å². The van der Waals surface area contributed by atoms with Gasteiger partial charge in [-0.1, -0.05) is 72.8 Å². The first-order valence-electron chi connectivity index (χ1n) is 8.83. The lowest BCUT2D eigenvalue weighted by atomic mass is 9.96. The molecule has 0 N–H and O–H groups in total.